The van der Waals surface area contributed by atoms with Crippen LogP contribution in [0.5, 0.6) is 5.75 Å². The number of aromatic hydroxyl groups is 1. The number of phenols is 1. The smallest absolute Gasteiger partial charge is 0.339 e. The van der Waals surface area contributed by atoms with Gasteiger partial charge in [0.05, 0.1) is 23.3 Å². The Hall–Kier alpha value is -2.95. The number of hydrogen-bond donors (Lipinski definition) is 1. The number of carbonyl (C=O) groups is 3. The van der Waals surface area contributed by atoms with Gasteiger partial charge in [0, 0.05) is 16.3 Å². The molecule has 0 aliphatic heterocycles. The molecule has 0 bridgehead atoms. The number of allylic oxidation sites excluding steroid dienone is 2. The molecule has 140 valence electrons. The first-order valence-corrected chi connectivity index (χ1v) is 8.85. The van der Waals surface area contributed by atoms with Crippen molar-refractivity contribution >= 4 is 28.3 Å². The minimum absolute atomic E-state index is 0.0385. The fraction of sp³-hybridized carbons (Fsp3) is 0.318. The molecule has 5 nitrogen and oxygen atoms in total. The van der Waals surface area contributed by atoms with Gasteiger partial charge in [-0.1, -0.05) is 44.5 Å². The van der Waals surface area contributed by atoms with E-state index in [4.69, 9.17) is 4.74 Å². The number of phenolic OH excluding ortho intramolecular Hbond substituents is 1. The molecule has 2 aromatic carbocycles. The SMILES string of the molecule is CCOC(=O)c1c2c(c(O)c3ccc(C)cc13)C(=O)C=C(C(C)(C)C)C2=O. The van der Waals surface area contributed by atoms with Crippen LogP contribution in [0.2, 0.25) is 0 Å². The molecule has 1 N–H and O–H groups in total. The van der Waals surface area contributed by atoms with Gasteiger partial charge < -0.3 is 9.84 Å². The molecule has 1 aliphatic rings. The number of hydrogen-bond acceptors (Lipinski definition) is 5. The number of Topliss-reactive ketones (excluding diaryl/α,β-unsaturated/α-hetero) is 1. The van der Waals surface area contributed by atoms with Crippen LogP contribution in [-0.2, 0) is 4.74 Å². The van der Waals surface area contributed by atoms with E-state index in [0.717, 1.165) is 5.56 Å². The molecule has 0 unspecified atom stereocenters. The highest BCUT2D eigenvalue weighted by molar-refractivity contribution is 6.32. The van der Waals surface area contributed by atoms with Crippen LogP contribution in [0.4, 0.5) is 0 Å². The van der Waals surface area contributed by atoms with Crippen molar-refractivity contribution in [3.05, 3.63) is 52.1 Å². The molecule has 0 aromatic heterocycles. The third-order valence-electron chi connectivity index (χ3n) is 4.72. The van der Waals surface area contributed by atoms with Crippen molar-refractivity contribution in [1.29, 1.82) is 0 Å². The molecule has 3 rings (SSSR count). The first-order valence-electron chi connectivity index (χ1n) is 8.85. The van der Waals surface area contributed by atoms with Crippen molar-refractivity contribution in [3.63, 3.8) is 0 Å². The topological polar surface area (TPSA) is 80.7 Å². The second-order valence-corrected chi connectivity index (χ2v) is 7.74. The first kappa shape index (κ1) is 18.8. The van der Waals surface area contributed by atoms with Crippen LogP contribution in [0.3, 0.4) is 0 Å². The monoisotopic (exact) mass is 366 g/mol. The van der Waals surface area contributed by atoms with E-state index >= 15 is 0 Å². The Morgan fingerprint density at radius 3 is 2.37 bits per heavy atom. The Morgan fingerprint density at radius 1 is 1.11 bits per heavy atom. The van der Waals surface area contributed by atoms with Gasteiger partial charge in [0.2, 0.25) is 0 Å². The van der Waals surface area contributed by atoms with Gasteiger partial charge in [-0.3, -0.25) is 9.59 Å². The summed E-state index contributed by atoms with van der Waals surface area (Å²) in [6, 6.07) is 5.13. The van der Waals surface area contributed by atoms with Crippen molar-refractivity contribution in [3.8, 4) is 5.75 Å². The average Bonchev–Trinajstić information content (AvgIpc) is 2.56. The van der Waals surface area contributed by atoms with E-state index in [1.807, 2.05) is 27.7 Å². The van der Waals surface area contributed by atoms with Crippen LogP contribution in [0.25, 0.3) is 10.8 Å². The Balaban J connectivity index is 2.49. The van der Waals surface area contributed by atoms with E-state index in [2.05, 4.69) is 0 Å². The molecular weight excluding hydrogens is 344 g/mol. The lowest BCUT2D eigenvalue weighted by Gasteiger charge is -2.27. The molecule has 0 fully saturated rings. The van der Waals surface area contributed by atoms with E-state index < -0.39 is 23.0 Å². The van der Waals surface area contributed by atoms with Crippen LogP contribution in [-0.4, -0.2) is 29.2 Å². The second-order valence-electron chi connectivity index (χ2n) is 7.74. The molecular formula is C22H22O5. The number of fused-ring (bicyclic) bond motifs is 2. The Morgan fingerprint density at radius 2 is 1.78 bits per heavy atom. The molecule has 1 aliphatic carbocycles. The summed E-state index contributed by atoms with van der Waals surface area (Å²) < 4.78 is 5.18. The van der Waals surface area contributed by atoms with Crippen LogP contribution >= 0.6 is 0 Å². The van der Waals surface area contributed by atoms with Gasteiger partial charge in [-0.25, -0.2) is 4.79 Å². The Bertz CT molecular complexity index is 1040. The quantitative estimate of drug-likeness (QED) is 0.798. The van der Waals surface area contributed by atoms with Crippen molar-refractivity contribution in [2.24, 2.45) is 5.41 Å². The molecule has 2 aromatic rings. The highest BCUT2D eigenvalue weighted by Gasteiger charge is 2.38. The molecule has 5 heteroatoms. The van der Waals surface area contributed by atoms with Gasteiger partial charge >= 0.3 is 5.97 Å². The molecule has 0 heterocycles. The van der Waals surface area contributed by atoms with Crippen LogP contribution in [0.1, 0.15) is 64.3 Å². The van der Waals surface area contributed by atoms with Gasteiger partial charge in [-0.15, -0.1) is 0 Å². The predicted molar refractivity (Wildman–Crippen MR) is 103 cm³/mol. The zero-order chi connectivity index (χ0) is 20.1. The summed E-state index contributed by atoms with van der Waals surface area (Å²) in [5, 5.41) is 11.5. The number of aryl methyl sites for hydroxylation is 1. The number of benzene rings is 2. The molecule has 27 heavy (non-hydrogen) atoms. The molecule has 0 atom stereocenters. The summed E-state index contributed by atoms with van der Waals surface area (Å²) in [6.45, 7) is 9.12. The number of esters is 1. The number of rotatable bonds is 2. The number of ketones is 2. The molecule has 0 saturated carbocycles. The summed E-state index contributed by atoms with van der Waals surface area (Å²) in [7, 11) is 0. The largest absolute Gasteiger partial charge is 0.507 e. The fourth-order valence-electron chi connectivity index (χ4n) is 3.43. The lowest BCUT2D eigenvalue weighted by Crippen LogP contribution is -2.28. The van der Waals surface area contributed by atoms with Crippen molar-refractivity contribution in [2.75, 3.05) is 6.61 Å². The minimum atomic E-state index is -0.680. The molecule has 0 amide bonds. The summed E-state index contributed by atoms with van der Waals surface area (Å²) in [4.78, 5) is 38.9. The number of carbonyl (C=O) groups excluding carboxylic acids is 3. The normalized spacial score (nSPS) is 14.2. The zero-order valence-corrected chi connectivity index (χ0v) is 16.1. The van der Waals surface area contributed by atoms with Crippen molar-refractivity contribution < 1.29 is 24.2 Å². The molecule has 0 radical (unpaired) electrons. The van der Waals surface area contributed by atoms with E-state index in [0.29, 0.717) is 16.3 Å². The standard InChI is InChI=1S/C22H22O5/c1-6-27-21(26)16-13-9-11(2)7-8-12(13)19(24)17-15(23)10-14(22(3,4)5)20(25)18(16)17/h7-10,24H,6H2,1-5H3. The third kappa shape index (κ3) is 2.93. The van der Waals surface area contributed by atoms with Gasteiger partial charge in [0.1, 0.15) is 5.75 Å². The summed E-state index contributed by atoms with van der Waals surface area (Å²) in [5.41, 5.74) is 0.407. The van der Waals surface area contributed by atoms with Gasteiger partial charge in [-0.2, -0.15) is 0 Å². The van der Waals surface area contributed by atoms with E-state index in [1.165, 1.54) is 6.08 Å². The Kier molecular flexibility index (Phi) is 4.42. The third-order valence-corrected chi connectivity index (χ3v) is 4.72. The van der Waals surface area contributed by atoms with Crippen LogP contribution in [0.15, 0.2) is 29.8 Å². The highest BCUT2D eigenvalue weighted by Crippen LogP contribution is 2.42. The first-order chi connectivity index (χ1) is 12.6. The summed E-state index contributed by atoms with van der Waals surface area (Å²) in [5.74, 6) is -1.88. The van der Waals surface area contributed by atoms with Gasteiger partial charge in [0.25, 0.3) is 0 Å². The van der Waals surface area contributed by atoms with E-state index in [9.17, 15) is 19.5 Å². The van der Waals surface area contributed by atoms with E-state index in [1.54, 1.807) is 25.1 Å². The molecule has 0 saturated heterocycles. The van der Waals surface area contributed by atoms with Crippen LogP contribution < -0.4 is 0 Å². The van der Waals surface area contributed by atoms with Crippen molar-refractivity contribution in [1.82, 2.24) is 0 Å². The van der Waals surface area contributed by atoms with Gasteiger partial charge in [0.15, 0.2) is 11.6 Å². The lowest BCUT2D eigenvalue weighted by molar-refractivity contribution is 0.0525. The lowest BCUT2D eigenvalue weighted by atomic mass is 9.74. The molecule has 0 spiro atoms. The maximum atomic E-state index is 13.3. The maximum Gasteiger partial charge on any atom is 0.339 e. The van der Waals surface area contributed by atoms with Crippen molar-refractivity contribution in [2.45, 2.75) is 34.6 Å². The summed E-state index contributed by atoms with van der Waals surface area (Å²) in [6.07, 6.45) is 1.26. The average molecular weight is 366 g/mol. The summed E-state index contributed by atoms with van der Waals surface area (Å²) >= 11 is 0. The highest BCUT2D eigenvalue weighted by atomic mass is 16.5. The predicted octanol–water partition coefficient (Wildman–Crippen LogP) is 4.38. The Labute approximate surface area is 157 Å². The maximum absolute atomic E-state index is 13.3. The number of ether oxygens (including phenoxy) is 1. The van der Waals surface area contributed by atoms with Gasteiger partial charge in [-0.05, 0) is 25.3 Å². The fourth-order valence-corrected chi connectivity index (χ4v) is 3.43. The minimum Gasteiger partial charge on any atom is -0.507 e. The van der Waals surface area contributed by atoms with E-state index in [-0.39, 0.29) is 29.0 Å². The zero-order valence-electron chi connectivity index (χ0n) is 16.1. The second kappa shape index (κ2) is 6.34. The van der Waals surface area contributed by atoms with Crippen LogP contribution in [0, 0.1) is 12.3 Å².